The molecule has 0 bridgehead atoms. The van der Waals surface area contributed by atoms with Gasteiger partial charge in [0.2, 0.25) is 0 Å². The summed E-state index contributed by atoms with van der Waals surface area (Å²) in [7, 11) is 0. The summed E-state index contributed by atoms with van der Waals surface area (Å²) in [5.41, 5.74) is -1.70. The first-order valence-electron chi connectivity index (χ1n) is 6.62. The quantitative estimate of drug-likeness (QED) is 0.720. The summed E-state index contributed by atoms with van der Waals surface area (Å²) in [6.45, 7) is 3.38. The molecule has 21 heavy (non-hydrogen) atoms. The Morgan fingerprint density at radius 2 is 2.05 bits per heavy atom. The molecule has 1 rings (SSSR count). The number of carbonyl (C=O) groups is 1. The van der Waals surface area contributed by atoms with E-state index >= 15 is 0 Å². The highest BCUT2D eigenvalue weighted by molar-refractivity contribution is 5.90. The lowest BCUT2D eigenvalue weighted by molar-refractivity contribution is -0.138. The maximum absolute atomic E-state index is 12.8. The van der Waals surface area contributed by atoms with E-state index in [9.17, 15) is 18.0 Å². The van der Waals surface area contributed by atoms with Gasteiger partial charge in [-0.05, 0) is 24.6 Å². The summed E-state index contributed by atoms with van der Waals surface area (Å²) in [5.74, 6) is -1.60. The van der Waals surface area contributed by atoms with E-state index < -0.39 is 23.3 Å². The average molecular weight is 305 g/mol. The molecule has 0 aliphatic rings. The van der Waals surface area contributed by atoms with Crippen LogP contribution in [0, 0.1) is 0 Å². The molecule has 0 aliphatic carbocycles. The fraction of sp³-hybridized carbons (Fsp3) is 0.500. The first-order chi connectivity index (χ1) is 9.86. The Kier molecular flexibility index (Phi) is 6.48. The van der Waals surface area contributed by atoms with Gasteiger partial charge < -0.3 is 15.2 Å². The highest BCUT2D eigenvalue weighted by atomic mass is 19.4. The minimum atomic E-state index is -4.71. The topological polar surface area (TPSA) is 58.6 Å². The zero-order chi connectivity index (χ0) is 15.9. The summed E-state index contributed by atoms with van der Waals surface area (Å²) in [5, 5.41) is 11.6. The third-order valence-electron chi connectivity index (χ3n) is 2.77. The van der Waals surface area contributed by atoms with Crippen molar-refractivity contribution < 1.29 is 27.8 Å². The number of nitrogens with one attached hydrogen (secondary N) is 1. The van der Waals surface area contributed by atoms with Crippen molar-refractivity contribution in [1.82, 2.24) is 0 Å². The fourth-order valence-corrected chi connectivity index (χ4v) is 1.69. The van der Waals surface area contributed by atoms with Gasteiger partial charge in [-0.15, -0.1) is 0 Å². The van der Waals surface area contributed by atoms with Gasteiger partial charge in [0.05, 0.1) is 17.7 Å². The Bertz CT molecular complexity index is 475. The van der Waals surface area contributed by atoms with Crippen LogP contribution >= 0.6 is 0 Å². The maximum atomic E-state index is 12.8. The van der Waals surface area contributed by atoms with E-state index in [0.29, 0.717) is 19.8 Å². The predicted molar refractivity (Wildman–Crippen MR) is 72.6 cm³/mol. The van der Waals surface area contributed by atoms with E-state index in [2.05, 4.69) is 5.32 Å². The number of unbranched alkanes of at least 4 members (excludes halogenated alkanes) is 1. The molecule has 2 N–H and O–H groups in total. The zero-order valence-corrected chi connectivity index (χ0v) is 11.7. The second-order valence-corrected chi connectivity index (χ2v) is 4.46. The van der Waals surface area contributed by atoms with Gasteiger partial charge in [-0.2, -0.15) is 13.2 Å². The second kappa shape index (κ2) is 7.87. The fourth-order valence-electron chi connectivity index (χ4n) is 1.69. The zero-order valence-electron chi connectivity index (χ0n) is 11.7. The number of carboxylic acid groups (broad SMARTS) is 1. The van der Waals surface area contributed by atoms with Gasteiger partial charge >= 0.3 is 12.1 Å². The number of hydrogen-bond acceptors (Lipinski definition) is 3. The van der Waals surface area contributed by atoms with Crippen LogP contribution in [0.4, 0.5) is 18.9 Å². The molecule has 0 spiro atoms. The first kappa shape index (κ1) is 17.3. The summed E-state index contributed by atoms with van der Waals surface area (Å²) in [4.78, 5) is 10.8. The van der Waals surface area contributed by atoms with Gasteiger partial charge in [-0.25, -0.2) is 4.79 Å². The molecule has 7 heteroatoms. The molecule has 1 aromatic carbocycles. The van der Waals surface area contributed by atoms with Crippen LogP contribution in [0.1, 0.15) is 35.7 Å². The Morgan fingerprint density at radius 1 is 1.33 bits per heavy atom. The first-order valence-corrected chi connectivity index (χ1v) is 6.62. The Balaban J connectivity index is 2.66. The van der Waals surface area contributed by atoms with Crippen LogP contribution in [0.2, 0.25) is 0 Å². The van der Waals surface area contributed by atoms with Gasteiger partial charge in [-0.3, -0.25) is 0 Å². The lowest BCUT2D eigenvalue weighted by Gasteiger charge is -2.13. The third kappa shape index (κ3) is 5.63. The molecular weight excluding hydrogens is 287 g/mol. The van der Waals surface area contributed by atoms with Crippen LogP contribution in [0.3, 0.4) is 0 Å². The third-order valence-corrected chi connectivity index (χ3v) is 2.77. The normalized spacial score (nSPS) is 11.4. The van der Waals surface area contributed by atoms with Crippen molar-refractivity contribution in [2.75, 3.05) is 25.1 Å². The summed E-state index contributed by atoms with van der Waals surface area (Å²) in [6.07, 6.45) is -2.76. The number of aromatic carboxylic acids is 1. The second-order valence-electron chi connectivity index (χ2n) is 4.46. The van der Waals surface area contributed by atoms with Crippen molar-refractivity contribution in [3.05, 3.63) is 29.3 Å². The van der Waals surface area contributed by atoms with Crippen LogP contribution in [0.15, 0.2) is 18.2 Å². The van der Waals surface area contributed by atoms with Crippen molar-refractivity contribution in [1.29, 1.82) is 0 Å². The molecule has 0 radical (unpaired) electrons. The SMILES string of the molecule is CCCCOCCNc1ccc(C(=O)O)c(C(F)(F)F)c1. The van der Waals surface area contributed by atoms with Crippen molar-refractivity contribution in [2.24, 2.45) is 0 Å². The summed E-state index contributed by atoms with van der Waals surface area (Å²) < 4.78 is 43.7. The van der Waals surface area contributed by atoms with Crippen LogP contribution in [-0.4, -0.2) is 30.8 Å². The maximum Gasteiger partial charge on any atom is 0.417 e. The van der Waals surface area contributed by atoms with Crippen molar-refractivity contribution in [2.45, 2.75) is 25.9 Å². The number of ether oxygens (including phenoxy) is 1. The number of carboxylic acids is 1. The van der Waals surface area contributed by atoms with Crippen molar-refractivity contribution in [3.8, 4) is 0 Å². The van der Waals surface area contributed by atoms with Gasteiger partial charge in [0, 0.05) is 18.8 Å². The van der Waals surface area contributed by atoms with Gasteiger partial charge in [-0.1, -0.05) is 13.3 Å². The van der Waals surface area contributed by atoms with Gasteiger partial charge in [0.1, 0.15) is 0 Å². The smallest absolute Gasteiger partial charge is 0.417 e. The standard InChI is InChI=1S/C14H18F3NO3/c1-2-3-7-21-8-6-18-10-4-5-11(13(19)20)12(9-10)14(15,16)17/h4-5,9,18H,2-3,6-8H2,1H3,(H,19,20). The van der Waals surface area contributed by atoms with E-state index in [1.54, 1.807) is 0 Å². The van der Waals surface area contributed by atoms with Crippen molar-refractivity contribution in [3.63, 3.8) is 0 Å². The number of rotatable bonds is 8. The highest BCUT2D eigenvalue weighted by Gasteiger charge is 2.35. The lowest BCUT2D eigenvalue weighted by Crippen LogP contribution is -2.15. The van der Waals surface area contributed by atoms with Crippen LogP contribution in [-0.2, 0) is 10.9 Å². The van der Waals surface area contributed by atoms with E-state index in [0.717, 1.165) is 25.0 Å². The number of alkyl halides is 3. The number of anilines is 1. The number of hydrogen-bond donors (Lipinski definition) is 2. The molecule has 0 saturated carbocycles. The largest absolute Gasteiger partial charge is 0.478 e. The summed E-state index contributed by atoms with van der Waals surface area (Å²) >= 11 is 0. The van der Waals surface area contributed by atoms with Crippen LogP contribution < -0.4 is 5.32 Å². The Hall–Kier alpha value is -1.76. The molecule has 0 atom stereocenters. The summed E-state index contributed by atoms with van der Waals surface area (Å²) in [6, 6.07) is 3.06. The van der Waals surface area contributed by atoms with Crippen molar-refractivity contribution >= 4 is 11.7 Å². The van der Waals surface area contributed by atoms with E-state index in [4.69, 9.17) is 9.84 Å². The monoisotopic (exact) mass is 305 g/mol. The molecule has 0 aromatic heterocycles. The van der Waals surface area contributed by atoms with Gasteiger partial charge in [0.15, 0.2) is 0 Å². The predicted octanol–water partition coefficient (Wildman–Crippen LogP) is 3.63. The molecule has 0 unspecified atom stereocenters. The molecule has 4 nitrogen and oxygen atoms in total. The van der Waals surface area contributed by atoms with Crippen LogP contribution in [0.5, 0.6) is 0 Å². The van der Waals surface area contributed by atoms with E-state index in [1.807, 2.05) is 6.92 Å². The highest BCUT2D eigenvalue weighted by Crippen LogP contribution is 2.33. The average Bonchev–Trinajstić information content (AvgIpc) is 2.41. The minimum Gasteiger partial charge on any atom is -0.478 e. The molecule has 0 fully saturated rings. The molecule has 0 amide bonds. The Labute approximate surface area is 120 Å². The van der Waals surface area contributed by atoms with E-state index in [-0.39, 0.29) is 5.69 Å². The van der Waals surface area contributed by atoms with Crippen LogP contribution in [0.25, 0.3) is 0 Å². The minimum absolute atomic E-state index is 0.214. The van der Waals surface area contributed by atoms with Gasteiger partial charge in [0.25, 0.3) is 0 Å². The molecule has 0 saturated heterocycles. The lowest BCUT2D eigenvalue weighted by atomic mass is 10.1. The molecule has 0 aliphatic heterocycles. The molecule has 1 aromatic rings. The number of benzene rings is 1. The van der Waals surface area contributed by atoms with E-state index in [1.165, 1.54) is 6.07 Å². The molecular formula is C14H18F3NO3. The molecule has 118 valence electrons. The molecule has 0 heterocycles. The number of halogens is 3. The Morgan fingerprint density at radius 3 is 2.62 bits per heavy atom.